The average Bonchev–Trinajstić information content (AvgIpc) is 3.02. The van der Waals surface area contributed by atoms with Gasteiger partial charge in [0.05, 0.1) is 17.3 Å². The van der Waals surface area contributed by atoms with Crippen LogP contribution < -0.4 is 0 Å². The third-order valence-electron chi connectivity index (χ3n) is 3.47. The lowest BCUT2D eigenvalue weighted by atomic mass is 9.88. The summed E-state index contributed by atoms with van der Waals surface area (Å²) in [4.78, 5) is 11.3. The molecule has 2 heterocycles. The zero-order chi connectivity index (χ0) is 15.2. The molecule has 6 nitrogen and oxygen atoms in total. The fourth-order valence-corrected chi connectivity index (χ4v) is 2.46. The number of para-hydroxylation sites is 1. The molecule has 0 unspecified atom stereocenters. The molecule has 0 aliphatic rings. The number of benzene rings is 1. The Morgan fingerprint density at radius 2 is 2.00 bits per heavy atom. The number of rotatable bonds is 2. The first-order valence-electron chi connectivity index (χ1n) is 6.64. The molecule has 0 aliphatic carbocycles. The molecule has 1 aromatic carbocycles. The minimum absolute atomic E-state index is 0.110. The zero-order valence-electron chi connectivity index (χ0n) is 12.1. The van der Waals surface area contributed by atoms with Crippen LogP contribution in [-0.2, 0) is 5.41 Å². The maximum Gasteiger partial charge on any atom is 0.337 e. The molecular formula is C15H16N4O2. The van der Waals surface area contributed by atoms with Crippen LogP contribution >= 0.6 is 0 Å². The zero-order valence-corrected chi connectivity index (χ0v) is 12.1. The van der Waals surface area contributed by atoms with Crippen LogP contribution in [0.2, 0.25) is 0 Å². The summed E-state index contributed by atoms with van der Waals surface area (Å²) in [5.74, 6) is -0.973. The predicted molar refractivity (Wildman–Crippen MR) is 79.3 cm³/mol. The topological polar surface area (TPSA) is 94.7 Å². The van der Waals surface area contributed by atoms with Gasteiger partial charge in [-0.3, -0.25) is 10.2 Å². The van der Waals surface area contributed by atoms with Crippen molar-refractivity contribution in [2.75, 3.05) is 0 Å². The van der Waals surface area contributed by atoms with E-state index >= 15 is 0 Å². The van der Waals surface area contributed by atoms with Gasteiger partial charge in [-0.15, -0.1) is 0 Å². The molecule has 0 amide bonds. The van der Waals surface area contributed by atoms with E-state index in [0.717, 1.165) is 16.6 Å². The Labute approximate surface area is 121 Å². The molecule has 21 heavy (non-hydrogen) atoms. The van der Waals surface area contributed by atoms with Gasteiger partial charge in [0, 0.05) is 22.1 Å². The second-order valence-electron chi connectivity index (χ2n) is 6.01. The highest BCUT2D eigenvalue weighted by Gasteiger charge is 2.24. The Hall–Kier alpha value is -2.63. The molecule has 3 aromatic rings. The number of hydrogen-bond donors (Lipinski definition) is 3. The van der Waals surface area contributed by atoms with Crippen molar-refractivity contribution >= 4 is 16.9 Å². The lowest BCUT2D eigenvalue weighted by molar-refractivity contribution is 0.0699. The van der Waals surface area contributed by atoms with Crippen molar-refractivity contribution in [2.24, 2.45) is 0 Å². The maximum atomic E-state index is 11.3. The van der Waals surface area contributed by atoms with E-state index in [-0.39, 0.29) is 11.0 Å². The van der Waals surface area contributed by atoms with E-state index < -0.39 is 5.97 Å². The summed E-state index contributed by atoms with van der Waals surface area (Å²) in [6.07, 6.45) is 1.73. The van der Waals surface area contributed by atoms with Gasteiger partial charge in [-0.1, -0.05) is 32.9 Å². The summed E-state index contributed by atoms with van der Waals surface area (Å²) in [5, 5.41) is 24.3. The second kappa shape index (κ2) is 4.44. The van der Waals surface area contributed by atoms with Crippen LogP contribution in [0, 0.1) is 0 Å². The Kier molecular flexibility index (Phi) is 2.83. The minimum atomic E-state index is -0.973. The SMILES string of the molecule is CC(C)(C)c1[nH]ncc1-c1n[nH]c2c(C(=O)O)cccc12. The molecule has 3 N–H and O–H groups in total. The summed E-state index contributed by atoms with van der Waals surface area (Å²) < 4.78 is 0. The number of fused-ring (bicyclic) bond motifs is 1. The molecule has 0 saturated carbocycles. The molecule has 0 atom stereocenters. The van der Waals surface area contributed by atoms with Crippen LogP contribution in [0.3, 0.4) is 0 Å². The summed E-state index contributed by atoms with van der Waals surface area (Å²) in [6, 6.07) is 5.15. The first-order chi connectivity index (χ1) is 9.89. The van der Waals surface area contributed by atoms with E-state index in [4.69, 9.17) is 0 Å². The highest BCUT2D eigenvalue weighted by molar-refractivity contribution is 6.05. The van der Waals surface area contributed by atoms with Gasteiger partial charge in [-0.05, 0) is 6.07 Å². The van der Waals surface area contributed by atoms with Crippen LogP contribution in [0.25, 0.3) is 22.2 Å². The smallest absolute Gasteiger partial charge is 0.337 e. The Morgan fingerprint density at radius 1 is 1.24 bits per heavy atom. The van der Waals surface area contributed by atoms with Gasteiger partial charge in [0.1, 0.15) is 5.69 Å². The van der Waals surface area contributed by atoms with E-state index in [9.17, 15) is 9.90 Å². The van der Waals surface area contributed by atoms with Gasteiger partial charge < -0.3 is 5.11 Å². The van der Waals surface area contributed by atoms with Crippen LogP contribution in [-0.4, -0.2) is 31.5 Å². The van der Waals surface area contributed by atoms with E-state index in [1.54, 1.807) is 18.3 Å². The van der Waals surface area contributed by atoms with Gasteiger partial charge in [-0.25, -0.2) is 4.79 Å². The Balaban J connectivity index is 2.26. The molecule has 108 valence electrons. The number of carboxylic acids is 1. The third-order valence-corrected chi connectivity index (χ3v) is 3.47. The van der Waals surface area contributed by atoms with Gasteiger partial charge in [0.25, 0.3) is 0 Å². The number of carboxylic acid groups (broad SMARTS) is 1. The molecule has 3 rings (SSSR count). The van der Waals surface area contributed by atoms with Crippen molar-refractivity contribution in [1.29, 1.82) is 0 Å². The van der Waals surface area contributed by atoms with Crippen molar-refractivity contribution in [2.45, 2.75) is 26.2 Å². The van der Waals surface area contributed by atoms with E-state index in [0.29, 0.717) is 11.2 Å². The van der Waals surface area contributed by atoms with Crippen molar-refractivity contribution in [3.8, 4) is 11.3 Å². The van der Waals surface area contributed by atoms with Crippen molar-refractivity contribution in [1.82, 2.24) is 20.4 Å². The van der Waals surface area contributed by atoms with Crippen LogP contribution in [0.5, 0.6) is 0 Å². The summed E-state index contributed by atoms with van der Waals surface area (Å²) in [5.41, 5.74) is 3.20. The van der Waals surface area contributed by atoms with Crippen molar-refractivity contribution < 1.29 is 9.90 Å². The maximum absolute atomic E-state index is 11.3. The van der Waals surface area contributed by atoms with E-state index in [1.807, 2.05) is 6.07 Å². The Bertz CT molecular complexity index is 824. The summed E-state index contributed by atoms with van der Waals surface area (Å²) in [6.45, 7) is 6.25. The van der Waals surface area contributed by atoms with Crippen molar-refractivity contribution in [3.05, 3.63) is 35.7 Å². The van der Waals surface area contributed by atoms with Crippen LogP contribution in [0.4, 0.5) is 0 Å². The predicted octanol–water partition coefficient (Wildman–Crippen LogP) is 2.95. The largest absolute Gasteiger partial charge is 0.478 e. The number of carbonyl (C=O) groups is 1. The number of H-pyrrole nitrogens is 2. The molecular weight excluding hydrogens is 268 g/mol. The van der Waals surface area contributed by atoms with E-state index in [2.05, 4.69) is 41.2 Å². The van der Waals surface area contributed by atoms with Gasteiger partial charge in [0.15, 0.2) is 0 Å². The van der Waals surface area contributed by atoms with E-state index in [1.165, 1.54) is 0 Å². The Morgan fingerprint density at radius 3 is 2.67 bits per heavy atom. The quantitative estimate of drug-likeness (QED) is 0.674. The number of aromatic amines is 2. The molecule has 6 heteroatoms. The van der Waals surface area contributed by atoms with Crippen LogP contribution in [0.15, 0.2) is 24.4 Å². The molecule has 0 radical (unpaired) electrons. The second-order valence-corrected chi connectivity index (χ2v) is 6.01. The fraction of sp³-hybridized carbons (Fsp3) is 0.267. The first-order valence-corrected chi connectivity index (χ1v) is 6.64. The highest BCUT2D eigenvalue weighted by Crippen LogP contribution is 2.34. The monoisotopic (exact) mass is 284 g/mol. The number of nitrogens with zero attached hydrogens (tertiary/aromatic N) is 2. The molecule has 0 saturated heterocycles. The summed E-state index contributed by atoms with van der Waals surface area (Å²) in [7, 11) is 0. The first kappa shape index (κ1) is 13.4. The molecule has 0 spiro atoms. The standard InChI is InChI=1S/C15H16N4O2/c1-15(2,3)13-10(7-16-19-13)12-8-5-4-6-9(14(20)21)11(8)17-18-12/h4-7H,1-3H3,(H,16,19)(H,17,18)(H,20,21). The van der Waals surface area contributed by atoms with Gasteiger partial charge in [0.2, 0.25) is 0 Å². The average molecular weight is 284 g/mol. The van der Waals surface area contributed by atoms with Crippen LogP contribution in [0.1, 0.15) is 36.8 Å². The number of aromatic carboxylic acids is 1. The summed E-state index contributed by atoms with van der Waals surface area (Å²) >= 11 is 0. The van der Waals surface area contributed by atoms with Gasteiger partial charge >= 0.3 is 5.97 Å². The molecule has 2 aromatic heterocycles. The molecule has 0 aliphatic heterocycles. The number of nitrogens with one attached hydrogen (secondary N) is 2. The number of hydrogen-bond acceptors (Lipinski definition) is 3. The lowest BCUT2D eigenvalue weighted by Gasteiger charge is -2.17. The molecule has 0 fully saturated rings. The fourth-order valence-electron chi connectivity index (χ4n) is 2.46. The minimum Gasteiger partial charge on any atom is -0.478 e. The normalized spacial score (nSPS) is 12.0. The lowest BCUT2D eigenvalue weighted by Crippen LogP contribution is -2.13. The van der Waals surface area contributed by atoms with Gasteiger partial charge in [-0.2, -0.15) is 10.2 Å². The third kappa shape index (κ3) is 2.08. The number of aromatic nitrogens is 4. The highest BCUT2D eigenvalue weighted by atomic mass is 16.4. The van der Waals surface area contributed by atoms with Crippen molar-refractivity contribution in [3.63, 3.8) is 0 Å². The molecule has 0 bridgehead atoms.